The summed E-state index contributed by atoms with van der Waals surface area (Å²) < 4.78 is 30.1. The van der Waals surface area contributed by atoms with Crippen molar-refractivity contribution in [2.75, 3.05) is 13.1 Å². The van der Waals surface area contributed by atoms with E-state index in [9.17, 15) is 8.42 Å². The minimum absolute atomic E-state index is 0.0621. The van der Waals surface area contributed by atoms with Crippen LogP contribution < -0.4 is 0 Å². The molecular weight excluding hydrogens is 384 g/mol. The lowest BCUT2D eigenvalue weighted by Crippen LogP contribution is -2.39. The van der Waals surface area contributed by atoms with E-state index in [0.717, 1.165) is 29.8 Å². The van der Waals surface area contributed by atoms with Gasteiger partial charge < -0.3 is 4.57 Å². The summed E-state index contributed by atoms with van der Waals surface area (Å²) in [7, 11) is -3.54. The molecule has 0 saturated carbocycles. The highest BCUT2D eigenvalue weighted by molar-refractivity contribution is 7.89. The van der Waals surface area contributed by atoms with E-state index in [-0.39, 0.29) is 12.0 Å². The molecule has 0 bridgehead atoms. The Labute approximate surface area is 172 Å². The molecule has 152 valence electrons. The van der Waals surface area contributed by atoms with Gasteiger partial charge in [0.15, 0.2) is 0 Å². The fraction of sp³-hybridized carbons (Fsp3) is 0.364. The van der Waals surface area contributed by atoms with Gasteiger partial charge in [0.25, 0.3) is 0 Å². The van der Waals surface area contributed by atoms with Gasteiger partial charge in [0.1, 0.15) is 12.2 Å². The van der Waals surface area contributed by atoms with Gasteiger partial charge in [0.2, 0.25) is 10.0 Å². The molecule has 1 aromatic heterocycles. The Bertz CT molecular complexity index is 1060. The topological polar surface area (TPSA) is 68.1 Å². The van der Waals surface area contributed by atoms with Crippen LogP contribution in [0, 0.1) is 0 Å². The van der Waals surface area contributed by atoms with E-state index >= 15 is 0 Å². The highest BCUT2D eigenvalue weighted by Gasteiger charge is 2.33. The second-order valence-electron chi connectivity index (χ2n) is 7.78. The Hall–Kier alpha value is -2.51. The smallest absolute Gasteiger partial charge is 0.243 e. The van der Waals surface area contributed by atoms with Crippen LogP contribution in [0.2, 0.25) is 0 Å². The standard InChI is InChI=1S/C22H26N4O2S/c1-17(2)26-16-23-24-22(26)20-9-6-14-25(15-20)29(27,28)21-12-10-19(11-13-21)18-7-4-3-5-8-18/h3-5,7-8,10-13,16-17,20H,6,9,14-15H2,1-2H3/t20-/m1/s1. The first-order chi connectivity index (χ1) is 14.0. The lowest BCUT2D eigenvalue weighted by molar-refractivity contribution is 0.302. The SMILES string of the molecule is CC(C)n1cnnc1[C@@H]1CCCN(S(=O)(=O)c2ccc(-c3ccccc3)cc2)C1. The number of hydrogen-bond donors (Lipinski definition) is 0. The van der Waals surface area contributed by atoms with Crippen molar-refractivity contribution in [1.82, 2.24) is 19.1 Å². The van der Waals surface area contributed by atoms with E-state index < -0.39 is 10.0 Å². The molecular formula is C22H26N4O2S. The van der Waals surface area contributed by atoms with Crippen molar-refractivity contribution >= 4 is 10.0 Å². The second kappa shape index (κ2) is 8.08. The van der Waals surface area contributed by atoms with Crippen LogP contribution in [0.25, 0.3) is 11.1 Å². The number of nitrogens with zero attached hydrogens (tertiary/aromatic N) is 4. The predicted molar refractivity (Wildman–Crippen MR) is 113 cm³/mol. The molecule has 0 unspecified atom stereocenters. The zero-order chi connectivity index (χ0) is 20.4. The minimum atomic E-state index is -3.54. The molecule has 2 heterocycles. The Morgan fingerprint density at radius 1 is 1.00 bits per heavy atom. The molecule has 6 nitrogen and oxygen atoms in total. The van der Waals surface area contributed by atoms with Crippen molar-refractivity contribution < 1.29 is 8.42 Å². The molecule has 7 heteroatoms. The van der Waals surface area contributed by atoms with Crippen molar-refractivity contribution in [2.45, 2.75) is 43.5 Å². The van der Waals surface area contributed by atoms with Crippen molar-refractivity contribution in [3.05, 3.63) is 66.7 Å². The van der Waals surface area contributed by atoms with Crippen LogP contribution in [-0.2, 0) is 10.0 Å². The van der Waals surface area contributed by atoms with Gasteiger partial charge in [-0.3, -0.25) is 0 Å². The predicted octanol–water partition coefficient (Wildman–Crippen LogP) is 4.09. The zero-order valence-corrected chi connectivity index (χ0v) is 17.6. The average molecular weight is 411 g/mol. The van der Waals surface area contributed by atoms with Gasteiger partial charge in [-0.25, -0.2) is 8.42 Å². The fourth-order valence-electron chi connectivity index (χ4n) is 3.91. The van der Waals surface area contributed by atoms with Crippen molar-refractivity contribution in [2.24, 2.45) is 0 Å². The summed E-state index contributed by atoms with van der Waals surface area (Å²) in [5.41, 5.74) is 2.08. The maximum Gasteiger partial charge on any atom is 0.243 e. The number of piperidine rings is 1. The van der Waals surface area contributed by atoms with Gasteiger partial charge in [0, 0.05) is 25.0 Å². The van der Waals surface area contributed by atoms with E-state index in [1.807, 2.05) is 47.0 Å². The molecule has 1 aliphatic heterocycles. The molecule has 1 saturated heterocycles. The highest BCUT2D eigenvalue weighted by atomic mass is 32.2. The quantitative estimate of drug-likeness (QED) is 0.635. The molecule has 0 N–H and O–H groups in total. The fourth-order valence-corrected chi connectivity index (χ4v) is 5.44. The summed E-state index contributed by atoms with van der Waals surface area (Å²) in [5, 5.41) is 8.33. The Morgan fingerprint density at radius 2 is 1.69 bits per heavy atom. The maximum atomic E-state index is 13.3. The Kier molecular flexibility index (Phi) is 5.52. The molecule has 1 fully saturated rings. The summed E-state index contributed by atoms with van der Waals surface area (Å²) >= 11 is 0. The van der Waals surface area contributed by atoms with Crippen LogP contribution >= 0.6 is 0 Å². The van der Waals surface area contributed by atoms with Crippen molar-refractivity contribution in [3.63, 3.8) is 0 Å². The minimum Gasteiger partial charge on any atom is -0.315 e. The Morgan fingerprint density at radius 3 is 2.38 bits per heavy atom. The van der Waals surface area contributed by atoms with Crippen LogP contribution in [0.3, 0.4) is 0 Å². The van der Waals surface area contributed by atoms with Gasteiger partial charge in [-0.1, -0.05) is 42.5 Å². The van der Waals surface area contributed by atoms with Crippen molar-refractivity contribution in [1.29, 1.82) is 0 Å². The van der Waals surface area contributed by atoms with Crippen LogP contribution in [0.4, 0.5) is 0 Å². The molecule has 1 aliphatic rings. The van der Waals surface area contributed by atoms with Gasteiger partial charge in [-0.05, 0) is 49.9 Å². The summed E-state index contributed by atoms with van der Waals surface area (Å²) in [4.78, 5) is 0.336. The second-order valence-corrected chi connectivity index (χ2v) is 9.72. The number of hydrogen-bond acceptors (Lipinski definition) is 4. The molecule has 0 aliphatic carbocycles. The van der Waals surface area contributed by atoms with Gasteiger partial charge in [-0.2, -0.15) is 4.31 Å². The average Bonchev–Trinajstić information content (AvgIpc) is 3.25. The number of rotatable bonds is 5. The largest absolute Gasteiger partial charge is 0.315 e. The number of aromatic nitrogens is 3. The highest BCUT2D eigenvalue weighted by Crippen LogP contribution is 2.31. The molecule has 4 rings (SSSR count). The van der Waals surface area contributed by atoms with Crippen LogP contribution in [0.1, 0.15) is 44.5 Å². The summed E-state index contributed by atoms with van der Waals surface area (Å²) in [6.45, 7) is 5.14. The number of sulfonamides is 1. The van der Waals surface area contributed by atoms with Crippen LogP contribution in [-0.4, -0.2) is 40.6 Å². The Balaban J connectivity index is 1.56. The number of benzene rings is 2. The molecule has 0 spiro atoms. The molecule has 29 heavy (non-hydrogen) atoms. The molecule has 0 radical (unpaired) electrons. The third kappa shape index (κ3) is 3.97. The lowest BCUT2D eigenvalue weighted by atomic mass is 9.98. The molecule has 0 amide bonds. The van der Waals surface area contributed by atoms with E-state index in [1.54, 1.807) is 22.8 Å². The first kappa shape index (κ1) is 19.8. The lowest BCUT2D eigenvalue weighted by Gasteiger charge is -2.32. The van der Waals surface area contributed by atoms with E-state index in [1.165, 1.54) is 0 Å². The third-order valence-corrected chi connectivity index (χ3v) is 7.38. The molecule has 2 aromatic carbocycles. The van der Waals surface area contributed by atoms with Crippen LogP contribution in [0.15, 0.2) is 65.8 Å². The van der Waals surface area contributed by atoms with E-state index in [4.69, 9.17) is 0 Å². The normalized spacial score (nSPS) is 18.2. The summed E-state index contributed by atoms with van der Waals surface area (Å²) in [6, 6.07) is 17.4. The van der Waals surface area contributed by atoms with Crippen molar-refractivity contribution in [3.8, 4) is 11.1 Å². The summed E-state index contributed by atoms with van der Waals surface area (Å²) in [5.74, 6) is 0.936. The van der Waals surface area contributed by atoms with Crippen LogP contribution in [0.5, 0.6) is 0 Å². The summed E-state index contributed by atoms with van der Waals surface area (Å²) in [6.07, 6.45) is 3.47. The van der Waals surface area contributed by atoms with Gasteiger partial charge in [0.05, 0.1) is 4.90 Å². The molecule has 3 aromatic rings. The monoisotopic (exact) mass is 410 g/mol. The van der Waals surface area contributed by atoms with Gasteiger partial charge >= 0.3 is 0 Å². The van der Waals surface area contributed by atoms with Gasteiger partial charge in [-0.15, -0.1) is 10.2 Å². The first-order valence-electron chi connectivity index (χ1n) is 10.0. The van der Waals surface area contributed by atoms with E-state index in [0.29, 0.717) is 18.0 Å². The van der Waals surface area contributed by atoms with E-state index in [2.05, 4.69) is 24.0 Å². The zero-order valence-electron chi connectivity index (χ0n) is 16.8. The maximum absolute atomic E-state index is 13.3. The first-order valence-corrected chi connectivity index (χ1v) is 11.5. The molecule has 1 atom stereocenters. The third-order valence-electron chi connectivity index (χ3n) is 5.51.